The predicted molar refractivity (Wildman–Crippen MR) is 179 cm³/mol. The first-order valence-electron chi connectivity index (χ1n) is 15.3. The smallest absolute Gasteiger partial charge is 0.407 e. The summed E-state index contributed by atoms with van der Waals surface area (Å²) in [5.41, 5.74) is 6.57. The van der Waals surface area contributed by atoms with Crippen molar-refractivity contribution in [1.82, 2.24) is 25.5 Å². The molecule has 0 unspecified atom stereocenters. The number of hydrogen-bond donors (Lipinski definition) is 2. The molecule has 4 aromatic carbocycles. The van der Waals surface area contributed by atoms with Crippen molar-refractivity contribution in [1.29, 1.82) is 0 Å². The largest absolute Gasteiger partial charge is 0.445 e. The Bertz CT molecular complexity index is 1780. The van der Waals surface area contributed by atoms with Crippen LogP contribution in [0.4, 0.5) is 4.79 Å². The summed E-state index contributed by atoms with van der Waals surface area (Å²) >= 11 is 1.54. The molecule has 6 rings (SSSR count). The molecule has 1 fully saturated rings. The van der Waals surface area contributed by atoms with Gasteiger partial charge in [-0.1, -0.05) is 103 Å². The van der Waals surface area contributed by atoms with Crippen molar-refractivity contribution in [2.75, 3.05) is 12.4 Å². The van der Waals surface area contributed by atoms with Crippen LogP contribution in [0.25, 0.3) is 16.8 Å². The van der Waals surface area contributed by atoms with Gasteiger partial charge in [-0.25, -0.2) is 4.79 Å². The SMILES string of the molecule is C=CCOC(=O)NCc1cccc(-c2cccc([C@@H]3O[C@H](CSc4nnnn4-c4ccccc4)C[C@H](c4ccc(CO)cc4)O3)c2)c1. The first kappa shape index (κ1) is 32.1. The van der Waals surface area contributed by atoms with Crippen molar-refractivity contribution < 1.29 is 24.1 Å². The number of aliphatic hydroxyl groups is 1. The van der Waals surface area contributed by atoms with Crippen LogP contribution in [0.5, 0.6) is 0 Å². The first-order chi connectivity index (χ1) is 23.1. The number of rotatable bonds is 12. The molecule has 3 atom stereocenters. The highest BCUT2D eigenvalue weighted by Crippen LogP contribution is 2.40. The Morgan fingerprint density at radius 1 is 0.957 bits per heavy atom. The number of amides is 1. The maximum absolute atomic E-state index is 11.9. The number of ether oxygens (including phenoxy) is 3. The van der Waals surface area contributed by atoms with Crippen molar-refractivity contribution in [3.05, 3.63) is 138 Å². The van der Waals surface area contributed by atoms with Gasteiger partial charge in [0.15, 0.2) is 6.29 Å². The number of aliphatic hydroxyl groups excluding tert-OH is 1. The van der Waals surface area contributed by atoms with Gasteiger partial charge < -0.3 is 24.6 Å². The van der Waals surface area contributed by atoms with Gasteiger partial charge >= 0.3 is 6.09 Å². The maximum atomic E-state index is 11.9. The van der Waals surface area contributed by atoms with Crippen LogP contribution in [-0.4, -0.2) is 49.9 Å². The number of carbonyl (C=O) groups is 1. The molecule has 0 aliphatic carbocycles. The molecular formula is C36H35N5O5S. The average Bonchev–Trinajstić information content (AvgIpc) is 3.61. The zero-order valence-corrected chi connectivity index (χ0v) is 26.5. The number of thioether (sulfide) groups is 1. The molecule has 10 nitrogen and oxygen atoms in total. The lowest BCUT2D eigenvalue weighted by atomic mass is 9.99. The van der Waals surface area contributed by atoms with E-state index in [1.165, 1.54) is 17.8 Å². The molecule has 0 radical (unpaired) electrons. The van der Waals surface area contributed by atoms with Crippen molar-refractivity contribution in [3.8, 4) is 16.8 Å². The van der Waals surface area contributed by atoms with Crippen LogP contribution in [0.1, 0.15) is 41.1 Å². The fourth-order valence-corrected chi connectivity index (χ4v) is 6.18. The third kappa shape index (κ3) is 8.32. The molecule has 47 heavy (non-hydrogen) atoms. The van der Waals surface area contributed by atoms with Crippen LogP contribution >= 0.6 is 11.8 Å². The number of para-hydroxylation sites is 1. The van der Waals surface area contributed by atoms with E-state index in [9.17, 15) is 9.90 Å². The Kier molecular flexibility index (Phi) is 10.7. The third-order valence-electron chi connectivity index (χ3n) is 7.64. The quantitative estimate of drug-likeness (QED) is 0.114. The number of tetrazole rings is 1. The van der Waals surface area contributed by atoms with Gasteiger partial charge in [-0.3, -0.25) is 0 Å². The molecule has 0 spiro atoms. The monoisotopic (exact) mass is 649 g/mol. The minimum Gasteiger partial charge on any atom is -0.445 e. The number of hydrogen-bond acceptors (Lipinski definition) is 9. The van der Waals surface area contributed by atoms with E-state index >= 15 is 0 Å². The van der Waals surface area contributed by atoms with E-state index in [0.29, 0.717) is 23.9 Å². The Morgan fingerprint density at radius 3 is 2.53 bits per heavy atom. The van der Waals surface area contributed by atoms with E-state index in [0.717, 1.165) is 39.1 Å². The van der Waals surface area contributed by atoms with Crippen molar-refractivity contribution in [3.63, 3.8) is 0 Å². The second-order valence-corrected chi connectivity index (χ2v) is 11.9. The van der Waals surface area contributed by atoms with Crippen molar-refractivity contribution >= 4 is 17.9 Å². The van der Waals surface area contributed by atoms with E-state index in [1.54, 1.807) is 4.68 Å². The van der Waals surface area contributed by atoms with Gasteiger partial charge in [0.25, 0.3) is 0 Å². The molecule has 240 valence electrons. The van der Waals surface area contributed by atoms with Gasteiger partial charge in [0.1, 0.15) is 6.61 Å². The lowest BCUT2D eigenvalue weighted by Gasteiger charge is -2.36. The van der Waals surface area contributed by atoms with E-state index < -0.39 is 12.4 Å². The molecule has 1 aromatic heterocycles. The van der Waals surface area contributed by atoms with Gasteiger partial charge in [-0.05, 0) is 62.5 Å². The number of nitrogens with zero attached hydrogens (tertiary/aromatic N) is 4. The summed E-state index contributed by atoms with van der Waals surface area (Å²) in [6.45, 7) is 4.04. The second kappa shape index (κ2) is 15.7. The summed E-state index contributed by atoms with van der Waals surface area (Å²) in [5.74, 6) is 0.613. The first-order valence-corrected chi connectivity index (χ1v) is 16.3. The van der Waals surface area contributed by atoms with Crippen LogP contribution in [0.15, 0.2) is 121 Å². The summed E-state index contributed by atoms with van der Waals surface area (Å²) in [6.07, 6.45) is 0.662. The lowest BCUT2D eigenvalue weighted by molar-refractivity contribution is -0.245. The number of aromatic nitrogens is 4. The molecular weight excluding hydrogens is 614 g/mol. The minimum absolute atomic E-state index is 0.0175. The third-order valence-corrected chi connectivity index (χ3v) is 8.69. The lowest BCUT2D eigenvalue weighted by Crippen LogP contribution is -2.31. The Balaban J connectivity index is 1.21. The van der Waals surface area contributed by atoms with E-state index in [4.69, 9.17) is 14.2 Å². The van der Waals surface area contributed by atoms with E-state index in [2.05, 4.69) is 33.5 Å². The highest BCUT2D eigenvalue weighted by Gasteiger charge is 2.33. The standard InChI is InChI=1S/C36H35N5O5S/c1-2-18-44-36(43)37-22-26-8-6-9-28(19-26)29-10-7-11-30(20-29)34-45-32(21-33(46-34)27-16-14-25(23-42)15-17-27)24-47-35-38-39-40-41(35)31-12-4-3-5-13-31/h2-17,19-20,32-34,42H,1,18,21-24H2,(H,37,43)/t32-,33+,34+/m0/s1. The summed E-state index contributed by atoms with van der Waals surface area (Å²) in [5, 5.41) is 25.4. The van der Waals surface area contributed by atoms with Crippen molar-refractivity contribution in [2.45, 2.75) is 43.2 Å². The molecule has 0 bridgehead atoms. The molecule has 1 amide bonds. The van der Waals surface area contributed by atoms with Gasteiger partial charge in [0.05, 0.1) is 24.5 Å². The van der Waals surface area contributed by atoms with E-state index in [-0.39, 0.29) is 25.4 Å². The van der Waals surface area contributed by atoms with Crippen LogP contribution < -0.4 is 5.32 Å². The molecule has 1 aliphatic heterocycles. The molecule has 1 aliphatic rings. The second-order valence-electron chi connectivity index (χ2n) is 10.9. The number of carbonyl (C=O) groups excluding carboxylic acids is 1. The summed E-state index contributed by atoms with van der Waals surface area (Å²) in [7, 11) is 0. The molecule has 2 N–H and O–H groups in total. The highest BCUT2D eigenvalue weighted by molar-refractivity contribution is 7.99. The van der Waals surface area contributed by atoms with Crippen LogP contribution in [0.2, 0.25) is 0 Å². The molecule has 1 saturated heterocycles. The number of alkyl carbamates (subject to hydrolysis) is 1. The molecule has 0 saturated carbocycles. The Hall–Kier alpha value is -4.81. The Labute approximate surface area is 277 Å². The zero-order valence-electron chi connectivity index (χ0n) is 25.6. The molecule has 11 heteroatoms. The topological polar surface area (TPSA) is 121 Å². The maximum Gasteiger partial charge on any atom is 0.407 e. The fraction of sp³-hybridized carbons (Fsp3) is 0.222. The van der Waals surface area contributed by atoms with E-state index in [1.807, 2.05) is 97.1 Å². The Morgan fingerprint density at radius 2 is 1.74 bits per heavy atom. The molecule has 5 aromatic rings. The normalized spacial score (nSPS) is 17.6. The summed E-state index contributed by atoms with van der Waals surface area (Å²) in [6, 6.07) is 33.7. The number of benzene rings is 4. The predicted octanol–water partition coefficient (Wildman–Crippen LogP) is 6.57. The zero-order chi connectivity index (χ0) is 32.4. The van der Waals surface area contributed by atoms with Gasteiger partial charge in [-0.2, -0.15) is 4.68 Å². The van der Waals surface area contributed by atoms with Gasteiger partial charge in [-0.15, -0.1) is 5.10 Å². The average molecular weight is 650 g/mol. The highest BCUT2D eigenvalue weighted by atomic mass is 32.2. The minimum atomic E-state index is -0.619. The summed E-state index contributed by atoms with van der Waals surface area (Å²) < 4.78 is 19.9. The van der Waals surface area contributed by atoms with Crippen LogP contribution in [-0.2, 0) is 27.4 Å². The van der Waals surface area contributed by atoms with Crippen molar-refractivity contribution in [2.24, 2.45) is 0 Å². The van der Waals surface area contributed by atoms with Crippen LogP contribution in [0, 0.1) is 0 Å². The van der Waals surface area contributed by atoms with Gasteiger partial charge in [0.2, 0.25) is 5.16 Å². The summed E-state index contributed by atoms with van der Waals surface area (Å²) in [4.78, 5) is 11.9. The fourth-order valence-electron chi connectivity index (χ4n) is 5.28. The number of nitrogens with one attached hydrogen (secondary N) is 1. The van der Waals surface area contributed by atoms with Crippen LogP contribution in [0.3, 0.4) is 0 Å². The molecule has 2 heterocycles. The van der Waals surface area contributed by atoms with Gasteiger partial charge in [0, 0.05) is 24.3 Å².